The molecule has 0 radical (unpaired) electrons. The van der Waals surface area contributed by atoms with E-state index in [4.69, 9.17) is 26.2 Å². The predicted molar refractivity (Wildman–Crippen MR) is 105 cm³/mol. The van der Waals surface area contributed by atoms with Crippen LogP contribution in [0.2, 0.25) is 0 Å². The number of halogens is 1. The highest BCUT2D eigenvalue weighted by molar-refractivity contribution is 7.91. The molecule has 1 N–H and O–H groups in total. The largest absolute Gasteiger partial charge is 0.478 e. The van der Waals surface area contributed by atoms with Gasteiger partial charge in [0.05, 0.1) is 18.8 Å². The quantitative estimate of drug-likeness (QED) is 0.541. The van der Waals surface area contributed by atoms with Crippen molar-refractivity contribution in [2.75, 3.05) is 13.2 Å². The van der Waals surface area contributed by atoms with Crippen LogP contribution in [0.1, 0.15) is 29.8 Å². The van der Waals surface area contributed by atoms with Gasteiger partial charge in [0, 0.05) is 6.54 Å². The third kappa shape index (κ3) is 4.40. The van der Waals surface area contributed by atoms with Crippen molar-refractivity contribution in [2.24, 2.45) is 0 Å². The van der Waals surface area contributed by atoms with Crippen molar-refractivity contribution in [3.8, 4) is 0 Å². The van der Waals surface area contributed by atoms with Gasteiger partial charge in [-0.15, -0.1) is 11.3 Å². The van der Waals surface area contributed by atoms with Crippen molar-refractivity contribution >= 4 is 38.9 Å². The maximum absolute atomic E-state index is 13.3. The van der Waals surface area contributed by atoms with E-state index in [0.717, 1.165) is 15.6 Å². The highest BCUT2D eigenvalue weighted by atomic mass is 35.5. The number of carbonyl (C=O) groups is 1. The topological polar surface area (TPSA) is 93.1 Å². The van der Waals surface area contributed by atoms with Gasteiger partial charge in [-0.3, -0.25) is 0 Å². The number of hydrogen-bond donors (Lipinski definition) is 1. The number of thiophene rings is 1. The van der Waals surface area contributed by atoms with E-state index in [1.807, 2.05) is 0 Å². The molecule has 10 heteroatoms. The number of nitrogens with zero attached hydrogens (tertiary/aromatic N) is 1. The predicted octanol–water partition coefficient (Wildman–Crippen LogP) is 3.36. The summed E-state index contributed by atoms with van der Waals surface area (Å²) in [6.07, 6.45) is 0. The molecule has 1 aromatic carbocycles. The standard InChI is InChI=1S/C18H20ClNO6S2/c1-17(2)25-11-18(19,12-26-17)20(28(23,24)15-4-3-9-27-15)10-13-5-7-14(8-6-13)16(21)22/h3-9H,10-12H2,1-2H3,(H,21,22). The fourth-order valence-electron chi connectivity index (χ4n) is 2.68. The van der Waals surface area contributed by atoms with Gasteiger partial charge >= 0.3 is 5.97 Å². The summed E-state index contributed by atoms with van der Waals surface area (Å²) in [5, 5.41) is 10.7. The average Bonchev–Trinajstić information content (AvgIpc) is 3.18. The summed E-state index contributed by atoms with van der Waals surface area (Å²) >= 11 is 7.80. The minimum Gasteiger partial charge on any atom is -0.478 e. The first kappa shape index (κ1) is 21.2. The minimum atomic E-state index is -3.93. The summed E-state index contributed by atoms with van der Waals surface area (Å²) in [4.78, 5) is 9.61. The highest BCUT2D eigenvalue weighted by Crippen LogP contribution is 2.37. The molecule has 1 aromatic heterocycles. The van der Waals surface area contributed by atoms with Crippen LogP contribution in [0.5, 0.6) is 0 Å². The van der Waals surface area contributed by atoms with Gasteiger partial charge in [0.25, 0.3) is 10.0 Å². The van der Waals surface area contributed by atoms with E-state index >= 15 is 0 Å². The zero-order valence-electron chi connectivity index (χ0n) is 15.3. The van der Waals surface area contributed by atoms with E-state index in [-0.39, 0.29) is 29.5 Å². The number of ether oxygens (including phenoxy) is 2. The molecule has 0 bridgehead atoms. The number of rotatable bonds is 6. The van der Waals surface area contributed by atoms with E-state index in [0.29, 0.717) is 5.56 Å². The fourth-order valence-corrected chi connectivity index (χ4v) is 5.81. The van der Waals surface area contributed by atoms with Crippen molar-refractivity contribution in [2.45, 2.75) is 35.4 Å². The molecule has 2 heterocycles. The number of aromatic carboxylic acids is 1. The first-order valence-electron chi connectivity index (χ1n) is 8.39. The lowest BCUT2D eigenvalue weighted by Crippen LogP contribution is -2.58. The normalized spacial score (nSPS) is 18.9. The molecule has 1 saturated heterocycles. The van der Waals surface area contributed by atoms with Crippen LogP contribution in [0, 0.1) is 0 Å². The Hall–Kier alpha value is -1.49. The van der Waals surface area contributed by atoms with E-state index in [1.54, 1.807) is 37.4 Å². The number of carboxylic acid groups (broad SMARTS) is 1. The molecule has 0 saturated carbocycles. The van der Waals surface area contributed by atoms with Gasteiger partial charge in [-0.2, -0.15) is 4.31 Å². The molecular formula is C18H20ClNO6S2. The van der Waals surface area contributed by atoms with Gasteiger partial charge in [-0.25, -0.2) is 13.2 Å². The van der Waals surface area contributed by atoms with Gasteiger partial charge in [-0.05, 0) is 43.0 Å². The lowest BCUT2D eigenvalue weighted by Gasteiger charge is -2.44. The zero-order valence-corrected chi connectivity index (χ0v) is 17.7. The van der Waals surface area contributed by atoms with Crippen molar-refractivity contribution in [3.05, 3.63) is 52.9 Å². The summed E-state index contributed by atoms with van der Waals surface area (Å²) in [6, 6.07) is 9.13. The van der Waals surface area contributed by atoms with Crippen molar-refractivity contribution in [3.63, 3.8) is 0 Å². The second-order valence-corrected chi connectivity index (χ2v) is 10.6. The SMILES string of the molecule is CC1(C)OCC(Cl)(N(Cc2ccc(C(=O)O)cc2)S(=O)(=O)c2cccs2)CO1. The van der Waals surface area contributed by atoms with Crippen LogP contribution in [0.4, 0.5) is 0 Å². The molecule has 0 amide bonds. The molecule has 0 aliphatic carbocycles. The Labute approximate surface area is 172 Å². The number of hydrogen-bond acceptors (Lipinski definition) is 6. The summed E-state index contributed by atoms with van der Waals surface area (Å²) < 4.78 is 39.1. The number of alkyl halides is 1. The van der Waals surface area contributed by atoms with Gasteiger partial charge in [0.15, 0.2) is 10.8 Å². The first-order valence-corrected chi connectivity index (χ1v) is 11.1. The minimum absolute atomic E-state index is 0.0562. The molecule has 28 heavy (non-hydrogen) atoms. The van der Waals surface area contributed by atoms with Crippen LogP contribution in [-0.4, -0.2) is 47.8 Å². The molecule has 0 atom stereocenters. The lowest BCUT2D eigenvalue weighted by atomic mass is 10.1. The van der Waals surface area contributed by atoms with E-state index in [1.165, 1.54) is 18.2 Å². The van der Waals surface area contributed by atoms with Crippen LogP contribution < -0.4 is 0 Å². The molecule has 1 aliphatic rings. The van der Waals surface area contributed by atoms with Crippen molar-refractivity contribution < 1.29 is 27.8 Å². The highest BCUT2D eigenvalue weighted by Gasteiger charge is 2.48. The number of benzene rings is 1. The van der Waals surface area contributed by atoms with E-state index in [2.05, 4.69) is 0 Å². The van der Waals surface area contributed by atoms with Gasteiger partial charge < -0.3 is 14.6 Å². The molecule has 2 aromatic rings. The van der Waals surface area contributed by atoms with Crippen LogP contribution in [-0.2, 0) is 26.0 Å². The Morgan fingerprint density at radius 1 is 1.21 bits per heavy atom. The second-order valence-electron chi connectivity index (χ2n) is 6.84. The smallest absolute Gasteiger partial charge is 0.335 e. The van der Waals surface area contributed by atoms with Crippen LogP contribution in [0.25, 0.3) is 0 Å². The third-order valence-electron chi connectivity index (χ3n) is 4.30. The van der Waals surface area contributed by atoms with Crippen LogP contribution >= 0.6 is 22.9 Å². The fraction of sp³-hybridized carbons (Fsp3) is 0.389. The maximum atomic E-state index is 13.3. The van der Waals surface area contributed by atoms with E-state index < -0.39 is 26.8 Å². The third-order valence-corrected chi connectivity index (χ3v) is 8.10. The summed E-state index contributed by atoms with van der Waals surface area (Å²) in [5.41, 5.74) is 0.707. The van der Waals surface area contributed by atoms with Gasteiger partial charge in [0.2, 0.25) is 0 Å². The van der Waals surface area contributed by atoms with Crippen molar-refractivity contribution in [1.29, 1.82) is 0 Å². The second kappa shape index (κ2) is 7.74. The number of carboxylic acids is 1. The molecule has 0 unspecified atom stereocenters. The molecular weight excluding hydrogens is 426 g/mol. The lowest BCUT2D eigenvalue weighted by molar-refractivity contribution is -0.267. The summed E-state index contributed by atoms with van der Waals surface area (Å²) in [7, 11) is -3.93. The van der Waals surface area contributed by atoms with Crippen LogP contribution in [0.15, 0.2) is 46.0 Å². The summed E-state index contributed by atoms with van der Waals surface area (Å²) in [6.45, 7) is 3.29. The zero-order chi connectivity index (χ0) is 20.6. The maximum Gasteiger partial charge on any atom is 0.335 e. The first-order chi connectivity index (χ1) is 13.0. The Bertz CT molecular complexity index is 931. The Morgan fingerprint density at radius 3 is 2.32 bits per heavy atom. The molecule has 7 nitrogen and oxygen atoms in total. The van der Waals surface area contributed by atoms with Gasteiger partial charge in [0.1, 0.15) is 4.21 Å². The molecule has 0 spiro atoms. The summed E-state index contributed by atoms with van der Waals surface area (Å²) in [5.74, 6) is -1.92. The van der Waals surface area contributed by atoms with Crippen LogP contribution in [0.3, 0.4) is 0 Å². The monoisotopic (exact) mass is 445 g/mol. The Kier molecular flexibility index (Phi) is 5.86. The Balaban J connectivity index is 1.96. The Morgan fingerprint density at radius 2 is 1.82 bits per heavy atom. The number of sulfonamides is 1. The van der Waals surface area contributed by atoms with Crippen molar-refractivity contribution in [1.82, 2.24) is 4.31 Å². The van der Waals surface area contributed by atoms with Gasteiger partial charge in [-0.1, -0.05) is 29.8 Å². The molecule has 3 rings (SSSR count). The van der Waals surface area contributed by atoms with E-state index in [9.17, 15) is 13.2 Å². The molecule has 1 fully saturated rings. The molecule has 1 aliphatic heterocycles. The molecule has 152 valence electrons. The average molecular weight is 446 g/mol.